The van der Waals surface area contributed by atoms with Crippen molar-refractivity contribution < 1.29 is 9.90 Å². The summed E-state index contributed by atoms with van der Waals surface area (Å²) in [6.07, 6.45) is 0. The third-order valence-corrected chi connectivity index (χ3v) is 2.64. The molecule has 5 nitrogen and oxygen atoms in total. The summed E-state index contributed by atoms with van der Waals surface area (Å²) in [6.45, 7) is -0.349. The predicted octanol–water partition coefficient (Wildman–Crippen LogP) is 1.08. The average molecular weight is 241 g/mol. The Balaban J connectivity index is 2.79. The van der Waals surface area contributed by atoms with E-state index < -0.39 is 5.97 Å². The van der Waals surface area contributed by atoms with Crippen molar-refractivity contribution in [1.82, 2.24) is 9.13 Å². The Kier molecular flexibility index (Phi) is 2.47. The normalized spacial score (nSPS) is 10.9. The topological polar surface area (TPSA) is 64.2 Å². The number of rotatable bonds is 2. The van der Waals surface area contributed by atoms with Gasteiger partial charge in [0.2, 0.25) is 0 Å². The van der Waals surface area contributed by atoms with E-state index in [0.717, 1.165) is 0 Å². The van der Waals surface area contributed by atoms with E-state index in [1.54, 1.807) is 25.2 Å². The molecule has 0 unspecified atom stereocenters. The van der Waals surface area contributed by atoms with Gasteiger partial charge in [0.25, 0.3) is 0 Å². The summed E-state index contributed by atoms with van der Waals surface area (Å²) >= 11 is 5.82. The van der Waals surface area contributed by atoms with E-state index in [1.807, 2.05) is 0 Å². The third kappa shape index (κ3) is 1.59. The second-order valence-corrected chi connectivity index (χ2v) is 3.89. The number of carboxylic acid groups (broad SMARTS) is 1. The standard InChI is InChI=1S/C10H9ClN2O3/c1-12-8-4-6(11)2-3-7(8)13(10(12)16)5-9(14)15/h2-4H,5H2,1H3,(H,14,15). The number of carboxylic acids is 1. The average Bonchev–Trinajstić information content (AvgIpc) is 2.43. The van der Waals surface area contributed by atoms with Crippen LogP contribution in [0.3, 0.4) is 0 Å². The van der Waals surface area contributed by atoms with Crippen LogP contribution < -0.4 is 5.69 Å². The lowest BCUT2D eigenvalue weighted by molar-refractivity contribution is -0.137. The number of aliphatic carboxylic acids is 1. The van der Waals surface area contributed by atoms with Gasteiger partial charge >= 0.3 is 11.7 Å². The van der Waals surface area contributed by atoms with Crippen molar-refractivity contribution in [3.8, 4) is 0 Å². The Hall–Kier alpha value is -1.75. The number of halogens is 1. The largest absolute Gasteiger partial charge is 0.480 e. The molecule has 1 N–H and O–H groups in total. The van der Waals surface area contributed by atoms with Crippen LogP contribution in [0, 0.1) is 0 Å². The summed E-state index contributed by atoms with van der Waals surface area (Å²) < 4.78 is 2.58. The second kappa shape index (κ2) is 3.68. The molecular formula is C10H9ClN2O3. The van der Waals surface area contributed by atoms with Crippen LogP contribution in [0.1, 0.15) is 0 Å². The smallest absolute Gasteiger partial charge is 0.329 e. The van der Waals surface area contributed by atoms with E-state index in [9.17, 15) is 9.59 Å². The maximum atomic E-state index is 11.8. The highest BCUT2D eigenvalue weighted by molar-refractivity contribution is 6.31. The molecule has 16 heavy (non-hydrogen) atoms. The molecule has 0 spiro atoms. The first-order valence-corrected chi connectivity index (χ1v) is 4.95. The van der Waals surface area contributed by atoms with Gasteiger partial charge in [-0.2, -0.15) is 0 Å². The van der Waals surface area contributed by atoms with E-state index in [4.69, 9.17) is 16.7 Å². The molecule has 0 radical (unpaired) electrons. The summed E-state index contributed by atoms with van der Waals surface area (Å²) in [6, 6.07) is 4.90. The van der Waals surface area contributed by atoms with Gasteiger partial charge in [-0.1, -0.05) is 11.6 Å². The van der Waals surface area contributed by atoms with Crippen molar-refractivity contribution in [3.05, 3.63) is 33.7 Å². The van der Waals surface area contributed by atoms with Crippen molar-refractivity contribution >= 4 is 28.6 Å². The van der Waals surface area contributed by atoms with E-state index in [0.29, 0.717) is 16.1 Å². The molecule has 1 heterocycles. The highest BCUT2D eigenvalue weighted by Crippen LogP contribution is 2.17. The fourth-order valence-electron chi connectivity index (χ4n) is 1.67. The number of benzene rings is 1. The van der Waals surface area contributed by atoms with Crippen LogP contribution in [0.25, 0.3) is 11.0 Å². The number of aromatic nitrogens is 2. The quantitative estimate of drug-likeness (QED) is 0.854. The van der Waals surface area contributed by atoms with Crippen molar-refractivity contribution in [2.75, 3.05) is 0 Å². The van der Waals surface area contributed by atoms with Crippen molar-refractivity contribution in [2.24, 2.45) is 7.05 Å². The van der Waals surface area contributed by atoms with E-state index >= 15 is 0 Å². The summed E-state index contributed by atoms with van der Waals surface area (Å²) in [4.78, 5) is 22.4. The Bertz CT molecular complexity index is 627. The molecule has 0 saturated carbocycles. The predicted molar refractivity (Wildman–Crippen MR) is 59.8 cm³/mol. The molecular weight excluding hydrogens is 232 g/mol. The van der Waals surface area contributed by atoms with Crippen LogP contribution in [0.2, 0.25) is 5.02 Å². The molecule has 0 aliphatic rings. The maximum Gasteiger partial charge on any atom is 0.329 e. The first-order chi connectivity index (χ1) is 7.50. The minimum Gasteiger partial charge on any atom is -0.480 e. The number of nitrogens with zero attached hydrogens (tertiary/aromatic N) is 2. The van der Waals surface area contributed by atoms with Crippen LogP contribution in [-0.2, 0) is 18.4 Å². The molecule has 0 aliphatic carbocycles. The van der Waals surface area contributed by atoms with E-state index in [2.05, 4.69) is 0 Å². The Morgan fingerprint density at radius 2 is 2.12 bits per heavy atom. The Morgan fingerprint density at radius 1 is 1.44 bits per heavy atom. The van der Waals surface area contributed by atoms with Gasteiger partial charge in [0, 0.05) is 12.1 Å². The number of carbonyl (C=O) groups is 1. The van der Waals surface area contributed by atoms with Gasteiger partial charge in [-0.3, -0.25) is 13.9 Å². The summed E-state index contributed by atoms with van der Waals surface area (Å²) in [5.74, 6) is -1.05. The van der Waals surface area contributed by atoms with Gasteiger partial charge in [0.1, 0.15) is 6.54 Å². The summed E-state index contributed by atoms with van der Waals surface area (Å²) in [5, 5.41) is 9.23. The minimum absolute atomic E-state index is 0.349. The van der Waals surface area contributed by atoms with E-state index in [-0.39, 0.29) is 12.2 Å². The monoisotopic (exact) mass is 240 g/mol. The number of hydrogen-bond acceptors (Lipinski definition) is 2. The Morgan fingerprint density at radius 3 is 2.75 bits per heavy atom. The lowest BCUT2D eigenvalue weighted by Gasteiger charge is -1.98. The SMILES string of the molecule is Cn1c(=O)n(CC(=O)O)c2ccc(Cl)cc21. The van der Waals surface area contributed by atoms with Gasteiger partial charge in [-0.25, -0.2) is 4.79 Å². The molecule has 0 saturated heterocycles. The van der Waals surface area contributed by atoms with Crippen molar-refractivity contribution in [3.63, 3.8) is 0 Å². The lowest BCUT2D eigenvalue weighted by atomic mass is 10.3. The fourth-order valence-corrected chi connectivity index (χ4v) is 1.84. The van der Waals surface area contributed by atoms with Crippen LogP contribution in [-0.4, -0.2) is 20.2 Å². The van der Waals surface area contributed by atoms with Crippen LogP contribution in [0.4, 0.5) is 0 Å². The lowest BCUT2D eigenvalue weighted by Crippen LogP contribution is -2.25. The van der Waals surface area contributed by atoms with Crippen LogP contribution >= 0.6 is 11.6 Å². The van der Waals surface area contributed by atoms with Gasteiger partial charge < -0.3 is 5.11 Å². The maximum absolute atomic E-state index is 11.8. The number of aryl methyl sites for hydroxylation is 1. The number of hydrogen-bond donors (Lipinski definition) is 1. The minimum atomic E-state index is -1.05. The van der Waals surface area contributed by atoms with Gasteiger partial charge in [0.15, 0.2) is 0 Å². The fraction of sp³-hybridized carbons (Fsp3) is 0.200. The molecule has 0 amide bonds. The molecule has 0 atom stereocenters. The number of fused-ring (bicyclic) bond motifs is 1. The molecule has 2 rings (SSSR count). The second-order valence-electron chi connectivity index (χ2n) is 3.45. The summed E-state index contributed by atoms with van der Waals surface area (Å²) in [5.41, 5.74) is 0.831. The van der Waals surface area contributed by atoms with Gasteiger partial charge in [-0.15, -0.1) is 0 Å². The third-order valence-electron chi connectivity index (χ3n) is 2.40. The zero-order valence-corrected chi connectivity index (χ0v) is 9.23. The highest BCUT2D eigenvalue weighted by atomic mass is 35.5. The molecule has 6 heteroatoms. The Labute approximate surface area is 95.5 Å². The van der Waals surface area contributed by atoms with Crippen LogP contribution in [0.5, 0.6) is 0 Å². The first kappa shape index (κ1) is 10.8. The van der Waals surface area contributed by atoms with Gasteiger partial charge in [0.05, 0.1) is 11.0 Å². The zero-order valence-electron chi connectivity index (χ0n) is 8.48. The van der Waals surface area contributed by atoms with Crippen molar-refractivity contribution in [2.45, 2.75) is 6.54 Å². The molecule has 2 aromatic rings. The number of imidazole rings is 1. The molecule has 1 aromatic heterocycles. The molecule has 0 fully saturated rings. The van der Waals surface area contributed by atoms with E-state index in [1.165, 1.54) is 9.13 Å². The molecule has 0 bridgehead atoms. The highest BCUT2D eigenvalue weighted by Gasteiger charge is 2.12. The van der Waals surface area contributed by atoms with Gasteiger partial charge in [-0.05, 0) is 18.2 Å². The molecule has 84 valence electrons. The summed E-state index contributed by atoms with van der Waals surface area (Å²) in [7, 11) is 1.58. The molecule has 1 aromatic carbocycles. The molecule has 0 aliphatic heterocycles. The van der Waals surface area contributed by atoms with Crippen molar-refractivity contribution in [1.29, 1.82) is 0 Å². The first-order valence-electron chi connectivity index (χ1n) is 4.57. The van der Waals surface area contributed by atoms with Crippen LogP contribution in [0.15, 0.2) is 23.0 Å². The zero-order chi connectivity index (χ0) is 11.9.